The average molecular weight is 380 g/mol. The first-order valence-electron chi connectivity index (χ1n) is 9.51. The first-order valence-corrected chi connectivity index (χ1v) is 9.51. The summed E-state index contributed by atoms with van der Waals surface area (Å²) >= 11 is 0. The van der Waals surface area contributed by atoms with Gasteiger partial charge in [-0.15, -0.1) is 0 Å². The Morgan fingerprint density at radius 3 is 2.79 bits per heavy atom. The summed E-state index contributed by atoms with van der Waals surface area (Å²) in [4.78, 5) is 20.8. The Balaban J connectivity index is 1.39. The van der Waals surface area contributed by atoms with Crippen LogP contribution in [0.15, 0.2) is 45.8 Å². The molecule has 0 radical (unpaired) electrons. The van der Waals surface area contributed by atoms with E-state index in [9.17, 15) is 4.79 Å². The van der Waals surface area contributed by atoms with E-state index in [4.69, 9.17) is 9.26 Å². The lowest BCUT2D eigenvalue weighted by atomic mass is 9.95. The molecule has 1 N–H and O–H groups in total. The molecule has 0 spiro atoms. The van der Waals surface area contributed by atoms with Crippen molar-refractivity contribution in [3.05, 3.63) is 63.8 Å². The minimum absolute atomic E-state index is 0.152. The van der Waals surface area contributed by atoms with E-state index in [1.54, 1.807) is 19.4 Å². The van der Waals surface area contributed by atoms with Crippen LogP contribution in [0.3, 0.4) is 0 Å². The molecule has 0 bridgehead atoms. The van der Waals surface area contributed by atoms with Crippen molar-refractivity contribution in [2.45, 2.75) is 32.2 Å². The molecule has 0 unspecified atom stereocenters. The van der Waals surface area contributed by atoms with Crippen molar-refractivity contribution in [1.82, 2.24) is 20.0 Å². The van der Waals surface area contributed by atoms with Crippen LogP contribution < -0.4 is 10.3 Å². The number of nitrogens with one attached hydrogen (secondary N) is 1. The fourth-order valence-corrected chi connectivity index (χ4v) is 3.78. The van der Waals surface area contributed by atoms with E-state index in [-0.39, 0.29) is 11.5 Å². The summed E-state index contributed by atoms with van der Waals surface area (Å²) in [6, 6.07) is 9.43. The van der Waals surface area contributed by atoms with Crippen molar-refractivity contribution < 1.29 is 9.26 Å². The molecule has 146 valence electrons. The van der Waals surface area contributed by atoms with Gasteiger partial charge in [0, 0.05) is 30.3 Å². The molecule has 1 aliphatic rings. The Morgan fingerprint density at radius 2 is 2.07 bits per heavy atom. The largest absolute Gasteiger partial charge is 0.496 e. The monoisotopic (exact) mass is 380 g/mol. The third-order valence-electron chi connectivity index (χ3n) is 5.32. The Bertz CT molecular complexity index is 982. The van der Waals surface area contributed by atoms with Gasteiger partial charge in [-0.2, -0.15) is 4.98 Å². The van der Waals surface area contributed by atoms with Gasteiger partial charge >= 0.3 is 0 Å². The zero-order valence-corrected chi connectivity index (χ0v) is 16.1. The number of nitrogens with zero attached hydrogens (tertiary/aromatic N) is 3. The van der Waals surface area contributed by atoms with E-state index in [2.05, 4.69) is 45.1 Å². The Kier molecular flexibility index (Phi) is 5.25. The van der Waals surface area contributed by atoms with Gasteiger partial charge in [0.05, 0.1) is 12.7 Å². The molecule has 1 fully saturated rings. The molecule has 0 saturated carbocycles. The summed E-state index contributed by atoms with van der Waals surface area (Å²) in [6.07, 6.45) is 3.56. The minimum atomic E-state index is -0.152. The van der Waals surface area contributed by atoms with E-state index in [0.29, 0.717) is 5.89 Å². The second kappa shape index (κ2) is 7.98. The summed E-state index contributed by atoms with van der Waals surface area (Å²) in [5, 5.41) is 4.17. The molecule has 7 heteroatoms. The van der Waals surface area contributed by atoms with Crippen LogP contribution in [-0.4, -0.2) is 40.2 Å². The number of ether oxygens (including phenoxy) is 1. The lowest BCUT2D eigenvalue weighted by Crippen LogP contribution is -2.32. The second-order valence-corrected chi connectivity index (χ2v) is 7.22. The second-order valence-electron chi connectivity index (χ2n) is 7.22. The van der Waals surface area contributed by atoms with Gasteiger partial charge in [-0.05, 0) is 44.5 Å². The molecule has 0 aliphatic carbocycles. The summed E-state index contributed by atoms with van der Waals surface area (Å²) in [6.45, 7) is 4.91. The number of likely N-dealkylation sites (tertiary alicyclic amines) is 1. The number of piperidine rings is 1. The highest BCUT2D eigenvalue weighted by molar-refractivity contribution is 5.50. The summed E-state index contributed by atoms with van der Waals surface area (Å²) in [5.41, 5.74) is 2.96. The van der Waals surface area contributed by atoms with Gasteiger partial charge in [-0.25, -0.2) is 0 Å². The lowest BCUT2D eigenvalue weighted by Gasteiger charge is -2.31. The van der Waals surface area contributed by atoms with E-state index >= 15 is 0 Å². The number of methoxy groups -OCH3 is 1. The van der Waals surface area contributed by atoms with E-state index in [0.717, 1.165) is 55.2 Å². The third kappa shape index (κ3) is 3.84. The van der Waals surface area contributed by atoms with Crippen molar-refractivity contribution >= 4 is 0 Å². The molecule has 28 heavy (non-hydrogen) atoms. The quantitative estimate of drug-likeness (QED) is 0.732. The number of pyridine rings is 1. The smallest absolute Gasteiger partial charge is 0.259 e. The molecule has 3 heterocycles. The van der Waals surface area contributed by atoms with Crippen LogP contribution in [0.5, 0.6) is 5.75 Å². The van der Waals surface area contributed by atoms with Crippen LogP contribution in [0.2, 0.25) is 0 Å². The van der Waals surface area contributed by atoms with Gasteiger partial charge in [-0.1, -0.05) is 23.4 Å². The zero-order valence-electron chi connectivity index (χ0n) is 16.1. The van der Waals surface area contributed by atoms with Crippen molar-refractivity contribution in [2.75, 3.05) is 20.2 Å². The first-order chi connectivity index (χ1) is 13.6. The predicted molar refractivity (Wildman–Crippen MR) is 105 cm³/mol. The maximum absolute atomic E-state index is 11.2. The van der Waals surface area contributed by atoms with Crippen LogP contribution in [0, 0.1) is 6.92 Å². The number of H-pyrrole nitrogens is 1. The fraction of sp³-hybridized carbons (Fsp3) is 0.381. The standard InChI is InChI=1S/C21H24N4O3/c1-14-4-3-5-17(19(14)27-2)13-25-10-8-15(9-11-25)20-23-21(28-24-20)16-6-7-18(26)22-12-16/h3-7,12,15H,8-11,13H2,1-2H3,(H,22,26). The molecular weight excluding hydrogens is 356 g/mol. The molecular formula is C21H24N4O3. The highest BCUT2D eigenvalue weighted by atomic mass is 16.5. The first kappa shape index (κ1) is 18.4. The SMILES string of the molecule is COc1c(C)cccc1CN1CCC(c2noc(-c3ccc(=O)[nH]c3)n2)CC1. The van der Waals surface area contributed by atoms with Crippen LogP contribution >= 0.6 is 0 Å². The van der Waals surface area contributed by atoms with E-state index in [1.165, 1.54) is 11.6 Å². The average Bonchev–Trinajstić information content (AvgIpc) is 3.19. The van der Waals surface area contributed by atoms with Gasteiger partial charge in [-0.3, -0.25) is 9.69 Å². The zero-order chi connectivity index (χ0) is 19.5. The van der Waals surface area contributed by atoms with Gasteiger partial charge in [0.2, 0.25) is 5.56 Å². The molecule has 0 atom stereocenters. The summed E-state index contributed by atoms with van der Waals surface area (Å²) in [5.74, 6) is 2.46. The molecule has 2 aromatic heterocycles. The molecule has 1 aliphatic heterocycles. The van der Waals surface area contributed by atoms with Crippen LogP contribution in [0.25, 0.3) is 11.5 Å². The Hall–Kier alpha value is -2.93. The highest BCUT2D eigenvalue weighted by Crippen LogP contribution is 2.30. The van der Waals surface area contributed by atoms with Gasteiger partial charge in [0.1, 0.15) is 5.75 Å². The van der Waals surface area contributed by atoms with Crippen LogP contribution in [0.1, 0.15) is 35.7 Å². The van der Waals surface area contributed by atoms with E-state index in [1.807, 2.05) is 0 Å². The number of para-hydroxylation sites is 1. The number of aromatic nitrogens is 3. The maximum Gasteiger partial charge on any atom is 0.259 e. The van der Waals surface area contributed by atoms with Crippen molar-refractivity contribution in [3.8, 4) is 17.2 Å². The van der Waals surface area contributed by atoms with Crippen molar-refractivity contribution in [3.63, 3.8) is 0 Å². The number of hydrogen-bond donors (Lipinski definition) is 1. The van der Waals surface area contributed by atoms with Crippen molar-refractivity contribution in [2.24, 2.45) is 0 Å². The van der Waals surface area contributed by atoms with Gasteiger partial charge in [0.15, 0.2) is 5.82 Å². The summed E-state index contributed by atoms with van der Waals surface area (Å²) < 4.78 is 11.0. The number of rotatable bonds is 5. The Morgan fingerprint density at radius 1 is 1.25 bits per heavy atom. The number of benzene rings is 1. The summed E-state index contributed by atoms with van der Waals surface area (Å²) in [7, 11) is 1.73. The van der Waals surface area contributed by atoms with Crippen LogP contribution in [-0.2, 0) is 6.54 Å². The third-order valence-corrected chi connectivity index (χ3v) is 5.32. The Labute approximate surface area is 163 Å². The topological polar surface area (TPSA) is 84.2 Å². The lowest BCUT2D eigenvalue weighted by molar-refractivity contribution is 0.198. The predicted octanol–water partition coefficient (Wildman–Crippen LogP) is 3.12. The fourth-order valence-electron chi connectivity index (χ4n) is 3.78. The number of aromatic amines is 1. The normalized spacial score (nSPS) is 15.6. The molecule has 1 aromatic carbocycles. The van der Waals surface area contributed by atoms with Crippen LogP contribution in [0.4, 0.5) is 0 Å². The van der Waals surface area contributed by atoms with E-state index < -0.39 is 0 Å². The minimum Gasteiger partial charge on any atom is -0.496 e. The van der Waals surface area contributed by atoms with Gasteiger partial charge < -0.3 is 14.2 Å². The highest BCUT2D eigenvalue weighted by Gasteiger charge is 2.25. The molecule has 4 rings (SSSR count). The maximum atomic E-state index is 11.2. The molecule has 7 nitrogen and oxygen atoms in total. The van der Waals surface area contributed by atoms with Crippen molar-refractivity contribution in [1.29, 1.82) is 0 Å². The molecule has 1 saturated heterocycles. The molecule has 0 amide bonds. The molecule has 3 aromatic rings. The van der Waals surface area contributed by atoms with Gasteiger partial charge in [0.25, 0.3) is 5.89 Å². The number of hydrogen-bond acceptors (Lipinski definition) is 6. The number of aryl methyl sites for hydroxylation is 1.